The first-order chi connectivity index (χ1) is 9.97. The Morgan fingerprint density at radius 2 is 2.14 bits per heavy atom. The van der Waals surface area contributed by atoms with Crippen molar-refractivity contribution in [3.8, 4) is 0 Å². The normalized spacial score (nSPS) is 18.5. The van der Waals surface area contributed by atoms with Crippen molar-refractivity contribution in [2.45, 2.75) is 26.9 Å². The molecule has 1 aliphatic rings. The minimum Gasteiger partial charge on any atom is -0.389 e. The van der Waals surface area contributed by atoms with Crippen LogP contribution in [-0.2, 0) is 4.84 Å². The van der Waals surface area contributed by atoms with Gasteiger partial charge in [0, 0.05) is 11.1 Å². The van der Waals surface area contributed by atoms with Crippen LogP contribution in [0.2, 0.25) is 0 Å². The molecule has 0 spiro atoms. The lowest BCUT2D eigenvalue weighted by Gasteiger charge is -2.18. The highest BCUT2D eigenvalue weighted by Crippen LogP contribution is 2.26. The predicted molar refractivity (Wildman–Crippen MR) is 78.9 cm³/mol. The number of nitrogens with zero attached hydrogens (tertiary/aromatic N) is 2. The Bertz CT molecular complexity index is 727. The third-order valence-electron chi connectivity index (χ3n) is 3.87. The molecule has 2 aromatic rings. The topological polar surface area (TPSA) is 62.7 Å². The van der Waals surface area contributed by atoms with E-state index in [1.165, 1.54) is 5.06 Å². The second kappa shape index (κ2) is 5.09. The molecule has 0 radical (unpaired) electrons. The summed E-state index contributed by atoms with van der Waals surface area (Å²) in [6.45, 7) is 6.13. The second-order valence-electron chi connectivity index (χ2n) is 5.53. The number of aromatic nitrogens is 1. The van der Waals surface area contributed by atoms with Gasteiger partial charge in [-0.2, -0.15) is 0 Å². The first kappa shape index (κ1) is 14.0. The average molecular weight is 286 g/mol. The zero-order valence-electron chi connectivity index (χ0n) is 12.4. The zero-order valence-corrected chi connectivity index (χ0v) is 12.4. The Balaban J connectivity index is 2.18. The van der Waals surface area contributed by atoms with Gasteiger partial charge in [-0.05, 0) is 38.5 Å². The first-order valence-electron chi connectivity index (χ1n) is 6.98. The largest absolute Gasteiger partial charge is 0.389 e. The van der Waals surface area contributed by atoms with E-state index in [2.05, 4.69) is 4.98 Å². The Morgan fingerprint density at radius 3 is 2.81 bits per heavy atom. The van der Waals surface area contributed by atoms with Crippen molar-refractivity contribution in [2.75, 3.05) is 13.2 Å². The summed E-state index contributed by atoms with van der Waals surface area (Å²) in [6.07, 6.45) is -0.620. The van der Waals surface area contributed by atoms with Crippen LogP contribution in [-0.4, -0.2) is 40.3 Å². The molecule has 3 rings (SSSR count). The molecule has 0 saturated carbocycles. The molecule has 5 heteroatoms. The SMILES string of the molecule is Cc1ccc2nc(C)c(C)c(C(=O)N3C[C@H](O)CO3)c2c1. The molecular weight excluding hydrogens is 268 g/mol. The smallest absolute Gasteiger partial charge is 0.278 e. The van der Waals surface area contributed by atoms with Crippen LogP contribution in [0.15, 0.2) is 18.2 Å². The molecule has 0 bridgehead atoms. The maximum Gasteiger partial charge on any atom is 0.278 e. The number of hydrogen-bond acceptors (Lipinski definition) is 4. The van der Waals surface area contributed by atoms with E-state index in [1.807, 2.05) is 39.0 Å². The summed E-state index contributed by atoms with van der Waals surface area (Å²) in [6, 6.07) is 5.87. The number of aliphatic hydroxyl groups is 1. The lowest BCUT2D eigenvalue weighted by Crippen LogP contribution is -2.29. The monoisotopic (exact) mass is 286 g/mol. The zero-order chi connectivity index (χ0) is 15.1. The van der Waals surface area contributed by atoms with Crippen LogP contribution in [0.1, 0.15) is 27.2 Å². The average Bonchev–Trinajstić information content (AvgIpc) is 2.87. The fourth-order valence-corrected chi connectivity index (χ4v) is 2.61. The van der Waals surface area contributed by atoms with Crippen LogP contribution in [0.4, 0.5) is 0 Å². The number of amides is 1. The highest BCUT2D eigenvalue weighted by Gasteiger charge is 2.29. The second-order valence-corrected chi connectivity index (χ2v) is 5.53. The Hall–Kier alpha value is -1.98. The summed E-state index contributed by atoms with van der Waals surface area (Å²) in [7, 11) is 0. The van der Waals surface area contributed by atoms with Crippen molar-refractivity contribution < 1.29 is 14.7 Å². The lowest BCUT2D eigenvalue weighted by atomic mass is 9.99. The number of pyridine rings is 1. The van der Waals surface area contributed by atoms with Crippen molar-refractivity contribution in [1.29, 1.82) is 0 Å². The summed E-state index contributed by atoms with van der Waals surface area (Å²) in [5, 5.41) is 11.6. The quantitative estimate of drug-likeness (QED) is 0.870. The predicted octanol–water partition coefficient (Wildman–Crippen LogP) is 1.91. The van der Waals surface area contributed by atoms with Gasteiger partial charge in [0.2, 0.25) is 0 Å². The number of carbonyl (C=O) groups excluding carboxylic acids is 1. The number of aliphatic hydroxyl groups excluding tert-OH is 1. The molecule has 1 fully saturated rings. The van der Waals surface area contributed by atoms with Crippen LogP contribution in [0.5, 0.6) is 0 Å². The van der Waals surface area contributed by atoms with E-state index in [0.717, 1.165) is 27.7 Å². The van der Waals surface area contributed by atoms with Gasteiger partial charge >= 0.3 is 0 Å². The van der Waals surface area contributed by atoms with Crippen LogP contribution in [0.3, 0.4) is 0 Å². The Morgan fingerprint density at radius 1 is 1.38 bits per heavy atom. The molecule has 21 heavy (non-hydrogen) atoms. The van der Waals surface area contributed by atoms with Crippen LogP contribution in [0, 0.1) is 20.8 Å². The summed E-state index contributed by atoms with van der Waals surface area (Å²) >= 11 is 0. The fraction of sp³-hybridized carbons (Fsp3) is 0.375. The Labute approximate surface area is 123 Å². The minimum absolute atomic E-state index is 0.159. The van der Waals surface area contributed by atoms with E-state index in [1.54, 1.807) is 0 Å². The standard InChI is InChI=1S/C16H18N2O3/c1-9-4-5-14-13(6-9)15(10(2)11(3)17-14)16(20)18-7-12(19)8-21-18/h4-6,12,19H,7-8H2,1-3H3/t12-/m0/s1. The number of fused-ring (bicyclic) bond motifs is 1. The number of benzene rings is 1. The number of hydrogen-bond donors (Lipinski definition) is 1. The summed E-state index contributed by atoms with van der Waals surface area (Å²) in [5.74, 6) is -0.217. The van der Waals surface area contributed by atoms with Gasteiger partial charge < -0.3 is 5.11 Å². The van der Waals surface area contributed by atoms with Gasteiger partial charge in [-0.25, -0.2) is 5.06 Å². The van der Waals surface area contributed by atoms with Crippen molar-refractivity contribution in [2.24, 2.45) is 0 Å². The van der Waals surface area contributed by atoms with Crippen molar-refractivity contribution in [3.63, 3.8) is 0 Å². The summed E-state index contributed by atoms with van der Waals surface area (Å²) in [5.41, 5.74) is 4.16. The van der Waals surface area contributed by atoms with Gasteiger partial charge in [0.25, 0.3) is 5.91 Å². The molecule has 1 aromatic heterocycles. The van der Waals surface area contributed by atoms with E-state index in [9.17, 15) is 9.90 Å². The minimum atomic E-state index is -0.620. The van der Waals surface area contributed by atoms with E-state index < -0.39 is 6.10 Å². The maximum atomic E-state index is 12.8. The van der Waals surface area contributed by atoms with Gasteiger partial charge in [0.05, 0.1) is 17.6 Å². The fourth-order valence-electron chi connectivity index (χ4n) is 2.61. The van der Waals surface area contributed by atoms with E-state index in [4.69, 9.17) is 4.84 Å². The molecule has 2 heterocycles. The molecule has 5 nitrogen and oxygen atoms in total. The van der Waals surface area contributed by atoms with Crippen molar-refractivity contribution in [1.82, 2.24) is 10.0 Å². The lowest BCUT2D eigenvalue weighted by molar-refractivity contribution is -0.0779. The maximum absolute atomic E-state index is 12.8. The van der Waals surface area contributed by atoms with Gasteiger partial charge in [-0.3, -0.25) is 14.6 Å². The van der Waals surface area contributed by atoms with E-state index in [-0.39, 0.29) is 19.1 Å². The molecule has 110 valence electrons. The molecule has 1 atom stereocenters. The number of carbonyl (C=O) groups is 1. The summed E-state index contributed by atoms with van der Waals surface area (Å²) < 4.78 is 0. The molecule has 0 aliphatic carbocycles. The summed E-state index contributed by atoms with van der Waals surface area (Å²) in [4.78, 5) is 22.6. The molecular formula is C16H18N2O3. The third-order valence-corrected chi connectivity index (χ3v) is 3.87. The van der Waals surface area contributed by atoms with Crippen molar-refractivity contribution >= 4 is 16.8 Å². The van der Waals surface area contributed by atoms with E-state index >= 15 is 0 Å². The number of aryl methyl sites for hydroxylation is 2. The Kier molecular flexibility index (Phi) is 3.39. The molecule has 1 aromatic carbocycles. The van der Waals surface area contributed by atoms with Gasteiger partial charge in [-0.1, -0.05) is 11.6 Å². The molecule has 1 saturated heterocycles. The number of β-amino-alcohol motifs (C(OH)–C–C–N with tert-alkyl or cyclic N) is 1. The van der Waals surface area contributed by atoms with Gasteiger partial charge in [0.15, 0.2) is 0 Å². The van der Waals surface area contributed by atoms with Crippen LogP contribution in [0.25, 0.3) is 10.9 Å². The molecule has 1 N–H and O–H groups in total. The van der Waals surface area contributed by atoms with Crippen molar-refractivity contribution in [3.05, 3.63) is 40.6 Å². The van der Waals surface area contributed by atoms with Gasteiger partial charge in [-0.15, -0.1) is 0 Å². The highest BCUT2D eigenvalue weighted by molar-refractivity contribution is 6.07. The number of rotatable bonds is 1. The molecule has 1 amide bonds. The molecule has 1 aliphatic heterocycles. The van der Waals surface area contributed by atoms with Crippen LogP contribution < -0.4 is 0 Å². The first-order valence-corrected chi connectivity index (χ1v) is 6.98. The number of hydroxylamine groups is 2. The third kappa shape index (κ3) is 2.39. The van der Waals surface area contributed by atoms with E-state index in [0.29, 0.717) is 5.56 Å². The van der Waals surface area contributed by atoms with Crippen LogP contribution >= 0.6 is 0 Å². The van der Waals surface area contributed by atoms with Gasteiger partial charge in [0.1, 0.15) is 12.7 Å². The molecule has 0 unspecified atom stereocenters. The highest BCUT2D eigenvalue weighted by atomic mass is 16.7.